The van der Waals surface area contributed by atoms with Crippen LogP contribution in [0.1, 0.15) is 40.7 Å². The highest BCUT2D eigenvalue weighted by molar-refractivity contribution is 5.87. The van der Waals surface area contributed by atoms with Gasteiger partial charge in [0.1, 0.15) is 11.5 Å². The molecular weight excluding hydrogens is 428 g/mol. The zero-order valence-electron chi connectivity index (χ0n) is 19.3. The van der Waals surface area contributed by atoms with Crippen molar-refractivity contribution in [1.82, 2.24) is 0 Å². The molecule has 176 valence electrons. The lowest BCUT2D eigenvalue weighted by molar-refractivity contribution is -0.121. The van der Waals surface area contributed by atoms with Gasteiger partial charge in [0.2, 0.25) is 0 Å². The Bertz CT molecular complexity index is 1190. The number of carboxylic acids is 1. The first-order chi connectivity index (χ1) is 16.4. The van der Waals surface area contributed by atoms with Crippen LogP contribution in [-0.2, 0) is 17.6 Å². The fourth-order valence-corrected chi connectivity index (χ4v) is 4.78. The number of benzene rings is 3. The normalized spacial score (nSPS) is 19.1. The highest BCUT2D eigenvalue weighted by Crippen LogP contribution is 2.33. The van der Waals surface area contributed by atoms with E-state index in [0.717, 1.165) is 46.9 Å². The van der Waals surface area contributed by atoms with Crippen LogP contribution < -0.4 is 4.74 Å². The van der Waals surface area contributed by atoms with E-state index in [2.05, 4.69) is 12.1 Å². The van der Waals surface area contributed by atoms with E-state index >= 15 is 0 Å². The number of methoxy groups -OCH3 is 1. The van der Waals surface area contributed by atoms with Gasteiger partial charge >= 0.3 is 5.97 Å². The number of Topliss-reactive ketones (excluding diaryl/α,β-unsaturated/α-hetero) is 1. The second kappa shape index (κ2) is 10.7. The summed E-state index contributed by atoms with van der Waals surface area (Å²) < 4.78 is 5.31. The molecule has 3 aromatic carbocycles. The Morgan fingerprint density at radius 3 is 2.53 bits per heavy atom. The molecular formula is C29H30O5. The number of ether oxygens (including phenoxy) is 1. The number of aryl methyl sites for hydroxylation is 1. The van der Waals surface area contributed by atoms with Gasteiger partial charge in [0, 0.05) is 18.8 Å². The number of hydrogen-bond acceptors (Lipinski definition) is 4. The molecule has 1 saturated carbocycles. The lowest BCUT2D eigenvalue weighted by Crippen LogP contribution is -2.15. The molecule has 0 radical (unpaired) electrons. The quantitative estimate of drug-likeness (QED) is 0.429. The van der Waals surface area contributed by atoms with Crippen LogP contribution in [0.25, 0.3) is 10.8 Å². The van der Waals surface area contributed by atoms with Crippen LogP contribution in [0, 0.1) is 11.8 Å². The first-order valence-electron chi connectivity index (χ1n) is 11.7. The summed E-state index contributed by atoms with van der Waals surface area (Å²) in [4.78, 5) is 23.5. The van der Waals surface area contributed by atoms with Crippen molar-refractivity contribution in [2.75, 3.05) is 7.11 Å². The lowest BCUT2D eigenvalue weighted by Gasteiger charge is -2.16. The van der Waals surface area contributed by atoms with Gasteiger partial charge in [-0.25, -0.2) is 4.79 Å². The molecule has 4 rings (SSSR count). The van der Waals surface area contributed by atoms with E-state index in [0.29, 0.717) is 12.8 Å². The van der Waals surface area contributed by atoms with Crippen LogP contribution in [0.15, 0.2) is 72.8 Å². The number of aliphatic hydroxyl groups excluding tert-OH is 1. The smallest absolute Gasteiger partial charge is 0.335 e. The molecule has 0 aliphatic heterocycles. The summed E-state index contributed by atoms with van der Waals surface area (Å²) in [5, 5.41) is 21.9. The fourth-order valence-electron chi connectivity index (χ4n) is 4.78. The topological polar surface area (TPSA) is 83.8 Å². The Morgan fingerprint density at radius 2 is 1.79 bits per heavy atom. The molecule has 1 aliphatic rings. The van der Waals surface area contributed by atoms with E-state index in [9.17, 15) is 14.7 Å². The van der Waals surface area contributed by atoms with E-state index < -0.39 is 12.1 Å². The Hall–Kier alpha value is -3.44. The van der Waals surface area contributed by atoms with Gasteiger partial charge in [-0.05, 0) is 71.3 Å². The molecule has 1 aliphatic carbocycles. The Kier molecular flexibility index (Phi) is 7.43. The molecule has 0 saturated heterocycles. The van der Waals surface area contributed by atoms with E-state index in [1.54, 1.807) is 19.2 Å². The number of aliphatic hydroxyl groups is 1. The van der Waals surface area contributed by atoms with Crippen molar-refractivity contribution in [2.24, 2.45) is 11.8 Å². The number of fused-ring (bicyclic) bond motifs is 1. The van der Waals surface area contributed by atoms with Gasteiger partial charge in [0.05, 0.1) is 18.8 Å². The Labute approximate surface area is 199 Å². The number of carboxylic acid groups (broad SMARTS) is 1. The van der Waals surface area contributed by atoms with Gasteiger partial charge in [-0.2, -0.15) is 0 Å². The second-order valence-electron chi connectivity index (χ2n) is 9.02. The predicted molar refractivity (Wildman–Crippen MR) is 132 cm³/mol. The Morgan fingerprint density at radius 1 is 1.06 bits per heavy atom. The van der Waals surface area contributed by atoms with Crippen molar-refractivity contribution in [3.8, 4) is 5.75 Å². The number of hydrogen-bond donors (Lipinski definition) is 2. The molecule has 2 N–H and O–H groups in total. The van der Waals surface area contributed by atoms with Gasteiger partial charge in [-0.1, -0.05) is 48.6 Å². The second-order valence-corrected chi connectivity index (χ2v) is 9.02. The summed E-state index contributed by atoms with van der Waals surface area (Å²) in [6.45, 7) is 0. The minimum Gasteiger partial charge on any atom is -0.497 e. The van der Waals surface area contributed by atoms with Crippen molar-refractivity contribution in [3.63, 3.8) is 0 Å². The maximum absolute atomic E-state index is 12.5. The summed E-state index contributed by atoms with van der Waals surface area (Å²) in [6, 6.07) is 18.9. The average Bonchev–Trinajstić information content (AvgIpc) is 3.20. The predicted octanol–water partition coefficient (Wildman–Crippen LogP) is 5.23. The van der Waals surface area contributed by atoms with Crippen LogP contribution in [0.5, 0.6) is 5.75 Å². The summed E-state index contributed by atoms with van der Waals surface area (Å²) in [5.41, 5.74) is 2.34. The molecule has 5 nitrogen and oxygen atoms in total. The molecule has 0 bridgehead atoms. The van der Waals surface area contributed by atoms with E-state index in [1.165, 1.54) is 0 Å². The molecule has 0 amide bonds. The standard InChI is InChI=1S/C29H30O5/c1-34-26-13-10-21-6-4-20(16-24(21)18-26)17-25(30)12-9-22-11-15-28(31)27(22)14-5-19-2-7-23(8-3-19)29(32)33/h2-4,6-10,12-13,16,18,22,25,27,30H,5,11,14-15,17H2,1H3,(H,32,33)/b12-9+. The molecule has 3 atom stereocenters. The van der Waals surface area contributed by atoms with Crippen molar-refractivity contribution in [2.45, 2.75) is 38.2 Å². The van der Waals surface area contributed by atoms with Crippen molar-refractivity contribution in [3.05, 3.63) is 89.5 Å². The highest BCUT2D eigenvalue weighted by Gasteiger charge is 2.32. The largest absolute Gasteiger partial charge is 0.497 e. The molecule has 5 heteroatoms. The van der Waals surface area contributed by atoms with Crippen molar-refractivity contribution >= 4 is 22.5 Å². The summed E-state index contributed by atoms with van der Waals surface area (Å²) in [7, 11) is 1.65. The van der Waals surface area contributed by atoms with Crippen LogP contribution >= 0.6 is 0 Å². The SMILES string of the molecule is COc1ccc2ccc(CC(O)/C=C/C3CCC(=O)C3CCc3ccc(C(=O)O)cc3)cc2c1. The number of rotatable bonds is 9. The summed E-state index contributed by atoms with van der Waals surface area (Å²) >= 11 is 0. The average molecular weight is 459 g/mol. The van der Waals surface area contributed by atoms with Crippen molar-refractivity contribution < 1.29 is 24.5 Å². The highest BCUT2D eigenvalue weighted by atomic mass is 16.5. The van der Waals surface area contributed by atoms with Gasteiger partial charge in [0.25, 0.3) is 0 Å². The first kappa shape index (κ1) is 23.7. The number of ketones is 1. The lowest BCUT2D eigenvalue weighted by atomic mass is 9.88. The van der Waals surface area contributed by atoms with Crippen LogP contribution in [0.2, 0.25) is 0 Å². The maximum atomic E-state index is 12.5. The monoisotopic (exact) mass is 458 g/mol. The molecule has 0 aromatic heterocycles. The van der Waals surface area contributed by atoms with Gasteiger partial charge in [-0.3, -0.25) is 4.79 Å². The zero-order chi connectivity index (χ0) is 24.1. The summed E-state index contributed by atoms with van der Waals surface area (Å²) in [6.07, 6.45) is 6.55. The molecule has 34 heavy (non-hydrogen) atoms. The third-order valence-corrected chi connectivity index (χ3v) is 6.74. The molecule has 1 fully saturated rings. The first-order valence-corrected chi connectivity index (χ1v) is 11.7. The van der Waals surface area contributed by atoms with E-state index in [1.807, 2.05) is 48.6 Å². The van der Waals surface area contributed by atoms with Gasteiger partial charge in [-0.15, -0.1) is 0 Å². The minimum absolute atomic E-state index is 0.0595. The molecule has 3 unspecified atom stereocenters. The fraction of sp³-hybridized carbons (Fsp3) is 0.310. The summed E-state index contributed by atoms with van der Waals surface area (Å²) in [5.74, 6) is 0.205. The molecule has 3 aromatic rings. The zero-order valence-corrected chi connectivity index (χ0v) is 19.3. The van der Waals surface area contributed by atoms with Gasteiger partial charge in [0.15, 0.2) is 0 Å². The number of carbonyl (C=O) groups excluding carboxylic acids is 1. The van der Waals surface area contributed by atoms with Crippen LogP contribution in [0.3, 0.4) is 0 Å². The minimum atomic E-state index is -0.940. The van der Waals surface area contributed by atoms with Crippen LogP contribution in [0.4, 0.5) is 0 Å². The maximum Gasteiger partial charge on any atom is 0.335 e. The third kappa shape index (κ3) is 5.72. The van der Waals surface area contributed by atoms with E-state index in [4.69, 9.17) is 9.84 Å². The van der Waals surface area contributed by atoms with E-state index in [-0.39, 0.29) is 23.2 Å². The third-order valence-electron chi connectivity index (χ3n) is 6.74. The number of aromatic carboxylic acids is 1. The van der Waals surface area contributed by atoms with Gasteiger partial charge < -0.3 is 14.9 Å². The number of allylic oxidation sites excluding steroid dienone is 1. The number of carbonyl (C=O) groups is 2. The molecule has 0 spiro atoms. The van der Waals surface area contributed by atoms with Crippen molar-refractivity contribution in [1.29, 1.82) is 0 Å². The Balaban J connectivity index is 1.36. The van der Waals surface area contributed by atoms with Crippen LogP contribution in [-0.4, -0.2) is 35.2 Å². The molecule has 0 heterocycles.